The van der Waals surface area contributed by atoms with E-state index in [2.05, 4.69) is 4.18 Å². The van der Waals surface area contributed by atoms with Gasteiger partial charge in [0.2, 0.25) is 0 Å². The predicted molar refractivity (Wildman–Crippen MR) is 27.5 cm³/mol. The monoisotopic (exact) mass is 176 g/mol. The van der Waals surface area contributed by atoms with Crippen LogP contribution in [0, 0.1) is 0 Å². The van der Waals surface area contributed by atoms with Crippen LogP contribution in [-0.4, -0.2) is 28.5 Å². The summed E-state index contributed by atoms with van der Waals surface area (Å²) in [4.78, 5) is 0. The molecule has 0 atom stereocenters. The van der Waals surface area contributed by atoms with Crippen LogP contribution in [0.4, 0.5) is 0 Å². The predicted octanol–water partition coefficient (Wildman–Crippen LogP) is -1.23. The Morgan fingerprint density at radius 2 is 1.56 bits per heavy atom. The minimum absolute atomic E-state index is 0.628. The highest BCUT2D eigenvalue weighted by Gasteiger charge is 2.26. The van der Waals surface area contributed by atoms with Gasteiger partial charge >= 0.3 is 18.3 Å². The van der Waals surface area contributed by atoms with Gasteiger partial charge in [0, 0.05) is 0 Å². The van der Waals surface area contributed by atoms with E-state index in [1.807, 2.05) is 0 Å². The molecular formula is CH4O6S2. The van der Waals surface area contributed by atoms with Gasteiger partial charge in [0.05, 0.1) is 7.11 Å². The first-order chi connectivity index (χ1) is 3.81. The molecule has 0 radical (unpaired) electrons. The van der Waals surface area contributed by atoms with E-state index in [4.69, 9.17) is 4.55 Å². The van der Waals surface area contributed by atoms with E-state index < -0.39 is 18.3 Å². The first kappa shape index (κ1) is 8.82. The molecule has 0 saturated heterocycles. The zero-order valence-corrected chi connectivity index (χ0v) is 5.94. The van der Waals surface area contributed by atoms with Crippen molar-refractivity contribution < 1.29 is 25.6 Å². The molecule has 0 aliphatic rings. The van der Waals surface area contributed by atoms with Crippen molar-refractivity contribution >= 4 is 18.3 Å². The number of hydrogen-bond donors (Lipinski definition) is 1. The van der Waals surface area contributed by atoms with Crippen LogP contribution in [-0.2, 0) is 22.5 Å². The molecule has 8 heteroatoms. The van der Waals surface area contributed by atoms with E-state index in [9.17, 15) is 16.8 Å². The lowest BCUT2D eigenvalue weighted by Crippen LogP contribution is -2.14. The van der Waals surface area contributed by atoms with Crippen LogP contribution in [0.25, 0.3) is 0 Å². The summed E-state index contributed by atoms with van der Waals surface area (Å²) in [6.45, 7) is 0. The van der Waals surface area contributed by atoms with Crippen LogP contribution in [0.1, 0.15) is 0 Å². The largest absolute Gasteiger partial charge is 0.399 e. The van der Waals surface area contributed by atoms with Crippen LogP contribution < -0.4 is 0 Å². The third-order valence-corrected chi connectivity index (χ3v) is 3.34. The summed E-state index contributed by atoms with van der Waals surface area (Å²) in [6.07, 6.45) is 0. The second-order valence-electron chi connectivity index (χ2n) is 1.00. The molecule has 0 unspecified atom stereocenters. The van der Waals surface area contributed by atoms with E-state index in [0.717, 1.165) is 0 Å². The summed E-state index contributed by atoms with van der Waals surface area (Å²) in [5, 5.41) is 0. The third kappa shape index (κ3) is 1.90. The van der Waals surface area contributed by atoms with Gasteiger partial charge < -0.3 is 0 Å². The Balaban J connectivity index is 5.07. The highest BCUT2D eigenvalue weighted by Crippen LogP contribution is 1.98. The summed E-state index contributed by atoms with van der Waals surface area (Å²) in [5.74, 6) is 0. The molecule has 0 spiro atoms. The lowest BCUT2D eigenvalue weighted by molar-refractivity contribution is 0.399. The highest BCUT2D eigenvalue weighted by atomic mass is 33.2. The van der Waals surface area contributed by atoms with Crippen molar-refractivity contribution in [1.82, 2.24) is 0 Å². The minimum atomic E-state index is -5.10. The molecule has 0 aromatic heterocycles. The standard InChI is InChI=1S/CH4O6S2/c1-7-9(5,6)8(2,3)4/h1H3,(H,2,3,4). The molecule has 0 aromatic rings. The van der Waals surface area contributed by atoms with Crippen LogP contribution in [0.3, 0.4) is 0 Å². The minimum Gasteiger partial charge on any atom is -0.272 e. The van der Waals surface area contributed by atoms with Gasteiger partial charge in [0.15, 0.2) is 0 Å². The molecule has 0 aromatic carbocycles. The zero-order valence-electron chi connectivity index (χ0n) is 4.30. The fourth-order valence-electron chi connectivity index (χ4n) is 0.0860. The van der Waals surface area contributed by atoms with Gasteiger partial charge in [-0.15, -0.1) is 0 Å². The molecule has 0 saturated carbocycles. The van der Waals surface area contributed by atoms with Crippen molar-refractivity contribution in [3.8, 4) is 0 Å². The van der Waals surface area contributed by atoms with Gasteiger partial charge in [-0.25, -0.2) is 0 Å². The third-order valence-electron chi connectivity index (χ3n) is 0.462. The quantitative estimate of drug-likeness (QED) is 0.417. The summed E-state index contributed by atoms with van der Waals surface area (Å²) < 4.78 is 50.6. The van der Waals surface area contributed by atoms with Gasteiger partial charge in [-0.1, -0.05) is 0 Å². The second kappa shape index (κ2) is 2.21. The Hall–Kier alpha value is -0.180. The molecule has 56 valence electrons. The van der Waals surface area contributed by atoms with E-state index in [1.165, 1.54) is 0 Å². The molecule has 0 aliphatic carbocycles. The van der Waals surface area contributed by atoms with Crippen LogP contribution in [0.15, 0.2) is 0 Å². The summed E-state index contributed by atoms with van der Waals surface area (Å²) >= 11 is 0. The molecular weight excluding hydrogens is 172 g/mol. The van der Waals surface area contributed by atoms with E-state index in [-0.39, 0.29) is 0 Å². The fourth-order valence-corrected chi connectivity index (χ4v) is 0.774. The molecule has 0 heterocycles. The molecule has 9 heavy (non-hydrogen) atoms. The van der Waals surface area contributed by atoms with Gasteiger partial charge in [-0.2, -0.15) is 16.8 Å². The topological polar surface area (TPSA) is 97.7 Å². The fraction of sp³-hybridized carbons (Fsp3) is 1.00. The van der Waals surface area contributed by atoms with Crippen molar-refractivity contribution in [2.75, 3.05) is 7.11 Å². The first-order valence-corrected chi connectivity index (χ1v) is 4.96. The molecule has 6 nitrogen and oxygen atoms in total. The van der Waals surface area contributed by atoms with Crippen LogP contribution >= 0.6 is 0 Å². The Labute approximate surface area is 51.7 Å². The normalized spacial score (nSPS) is 13.6. The van der Waals surface area contributed by atoms with Crippen LogP contribution in [0.5, 0.6) is 0 Å². The Morgan fingerprint density at radius 3 is 1.56 bits per heavy atom. The average Bonchev–Trinajstić information content (AvgIpc) is 1.64. The lowest BCUT2D eigenvalue weighted by Gasteiger charge is -1.92. The zero-order chi connectivity index (χ0) is 7.71. The smallest absolute Gasteiger partial charge is 0.272 e. The highest BCUT2D eigenvalue weighted by molar-refractivity contribution is 8.63. The van der Waals surface area contributed by atoms with Gasteiger partial charge in [0.25, 0.3) is 0 Å². The van der Waals surface area contributed by atoms with Gasteiger partial charge in [0.1, 0.15) is 0 Å². The van der Waals surface area contributed by atoms with E-state index in [0.29, 0.717) is 7.11 Å². The summed E-state index contributed by atoms with van der Waals surface area (Å²) in [5.41, 5.74) is 0. The maximum Gasteiger partial charge on any atom is 0.399 e. The van der Waals surface area contributed by atoms with Gasteiger partial charge in [-0.05, 0) is 0 Å². The maximum atomic E-state index is 9.96. The van der Waals surface area contributed by atoms with E-state index in [1.54, 1.807) is 0 Å². The van der Waals surface area contributed by atoms with Crippen molar-refractivity contribution in [3.63, 3.8) is 0 Å². The maximum absolute atomic E-state index is 9.96. The van der Waals surface area contributed by atoms with Gasteiger partial charge in [-0.3, -0.25) is 8.74 Å². The molecule has 0 fully saturated rings. The summed E-state index contributed by atoms with van der Waals surface area (Å²) in [6, 6.07) is 0. The average molecular weight is 176 g/mol. The summed E-state index contributed by atoms with van der Waals surface area (Å²) in [7, 11) is -9.28. The van der Waals surface area contributed by atoms with Crippen molar-refractivity contribution in [2.45, 2.75) is 0 Å². The molecule has 0 bridgehead atoms. The van der Waals surface area contributed by atoms with Crippen LogP contribution in [0.2, 0.25) is 0 Å². The van der Waals surface area contributed by atoms with Crippen molar-refractivity contribution in [2.24, 2.45) is 0 Å². The van der Waals surface area contributed by atoms with Crippen molar-refractivity contribution in [3.05, 3.63) is 0 Å². The molecule has 0 rings (SSSR count). The molecule has 0 aliphatic heterocycles. The SMILES string of the molecule is COS(=O)(=O)S(=O)(=O)O. The van der Waals surface area contributed by atoms with E-state index >= 15 is 0 Å². The lowest BCUT2D eigenvalue weighted by atomic mass is 11.8. The Bertz CT molecular complexity index is 266. The molecule has 1 N–H and O–H groups in total. The Kier molecular flexibility index (Phi) is 2.17. The Morgan fingerprint density at radius 1 is 1.22 bits per heavy atom. The second-order valence-corrected chi connectivity index (χ2v) is 5.50. The number of rotatable bonds is 2. The first-order valence-electron chi connectivity index (χ1n) is 1.59. The molecule has 0 amide bonds. The number of hydrogen-bond acceptors (Lipinski definition) is 5. The van der Waals surface area contributed by atoms with Crippen molar-refractivity contribution in [1.29, 1.82) is 0 Å².